The summed E-state index contributed by atoms with van der Waals surface area (Å²) >= 11 is 0. The molecule has 0 atom stereocenters. The number of aryl methyl sites for hydroxylation is 1. The Balaban J connectivity index is 1.56. The predicted molar refractivity (Wildman–Crippen MR) is 84.0 cm³/mol. The van der Waals surface area contributed by atoms with Gasteiger partial charge in [0.2, 0.25) is 0 Å². The molecule has 0 radical (unpaired) electrons. The van der Waals surface area contributed by atoms with Crippen LogP contribution in [0.15, 0.2) is 41.5 Å². The van der Waals surface area contributed by atoms with Crippen molar-refractivity contribution in [1.82, 2.24) is 14.9 Å². The summed E-state index contributed by atoms with van der Waals surface area (Å²) in [7, 11) is 0. The highest BCUT2D eigenvalue weighted by Crippen LogP contribution is 2.38. The summed E-state index contributed by atoms with van der Waals surface area (Å²) < 4.78 is 1.53. The van der Waals surface area contributed by atoms with E-state index in [9.17, 15) is 9.59 Å². The second kappa shape index (κ2) is 6.13. The van der Waals surface area contributed by atoms with Gasteiger partial charge in [-0.3, -0.25) is 14.2 Å². The summed E-state index contributed by atoms with van der Waals surface area (Å²) in [5.74, 6) is 0.350. The zero-order valence-corrected chi connectivity index (χ0v) is 12.6. The molecule has 5 heteroatoms. The number of carbonyl (C=O) groups is 1. The third-order valence-electron chi connectivity index (χ3n) is 3.81. The lowest BCUT2D eigenvalue weighted by atomic mass is 10.1. The second-order valence-corrected chi connectivity index (χ2v) is 5.75. The van der Waals surface area contributed by atoms with Gasteiger partial charge in [0.25, 0.3) is 11.5 Å². The third-order valence-corrected chi connectivity index (χ3v) is 3.81. The van der Waals surface area contributed by atoms with Crippen molar-refractivity contribution >= 4 is 5.91 Å². The van der Waals surface area contributed by atoms with Gasteiger partial charge in [0.15, 0.2) is 0 Å². The Bertz CT molecular complexity index is 748. The van der Waals surface area contributed by atoms with Crippen LogP contribution >= 0.6 is 0 Å². The van der Waals surface area contributed by atoms with Gasteiger partial charge in [-0.15, -0.1) is 0 Å². The van der Waals surface area contributed by atoms with E-state index in [0.717, 1.165) is 24.1 Å². The number of hydrogen-bond acceptors (Lipinski definition) is 3. The SMILES string of the molecule is Cc1cccc(C(=O)NCCn2cnc(C3CC3)cc2=O)c1. The molecule has 1 amide bonds. The fourth-order valence-electron chi connectivity index (χ4n) is 2.39. The van der Waals surface area contributed by atoms with Crippen molar-refractivity contribution in [3.8, 4) is 0 Å². The average Bonchev–Trinajstić information content (AvgIpc) is 3.33. The average molecular weight is 297 g/mol. The van der Waals surface area contributed by atoms with Crippen LogP contribution in [-0.2, 0) is 6.54 Å². The van der Waals surface area contributed by atoms with Crippen molar-refractivity contribution in [3.63, 3.8) is 0 Å². The Hall–Kier alpha value is -2.43. The number of aromatic nitrogens is 2. The van der Waals surface area contributed by atoms with E-state index in [1.54, 1.807) is 18.5 Å². The number of amides is 1. The maximum atomic E-state index is 12.0. The number of carbonyl (C=O) groups excluding carboxylic acids is 1. The highest BCUT2D eigenvalue weighted by molar-refractivity contribution is 5.94. The van der Waals surface area contributed by atoms with Crippen molar-refractivity contribution in [2.45, 2.75) is 32.2 Å². The highest BCUT2D eigenvalue weighted by atomic mass is 16.1. The normalized spacial score (nSPS) is 13.9. The summed E-state index contributed by atoms with van der Waals surface area (Å²) in [6.07, 6.45) is 3.83. The Morgan fingerprint density at radius 3 is 2.86 bits per heavy atom. The fraction of sp³-hybridized carbons (Fsp3) is 0.353. The molecule has 1 aliphatic rings. The maximum Gasteiger partial charge on any atom is 0.253 e. The van der Waals surface area contributed by atoms with Gasteiger partial charge in [-0.25, -0.2) is 4.98 Å². The molecule has 1 saturated carbocycles. The molecule has 0 spiro atoms. The molecule has 1 aromatic heterocycles. The van der Waals surface area contributed by atoms with Crippen LogP contribution in [0, 0.1) is 6.92 Å². The van der Waals surface area contributed by atoms with Gasteiger partial charge >= 0.3 is 0 Å². The second-order valence-electron chi connectivity index (χ2n) is 5.75. The van der Waals surface area contributed by atoms with Crippen LogP contribution in [0.3, 0.4) is 0 Å². The molecular weight excluding hydrogens is 278 g/mol. The summed E-state index contributed by atoms with van der Waals surface area (Å²) in [6, 6.07) is 9.03. The molecule has 1 aromatic carbocycles. The minimum Gasteiger partial charge on any atom is -0.350 e. The van der Waals surface area contributed by atoms with E-state index in [-0.39, 0.29) is 11.5 Å². The van der Waals surface area contributed by atoms with E-state index >= 15 is 0 Å². The van der Waals surface area contributed by atoms with Crippen molar-refractivity contribution in [1.29, 1.82) is 0 Å². The number of rotatable bonds is 5. The van der Waals surface area contributed by atoms with Gasteiger partial charge in [-0.1, -0.05) is 17.7 Å². The molecule has 0 unspecified atom stereocenters. The van der Waals surface area contributed by atoms with Crippen molar-refractivity contribution in [2.24, 2.45) is 0 Å². The van der Waals surface area contributed by atoms with Gasteiger partial charge in [-0.2, -0.15) is 0 Å². The summed E-state index contributed by atoms with van der Waals surface area (Å²) in [6.45, 7) is 2.77. The van der Waals surface area contributed by atoms with Gasteiger partial charge in [0, 0.05) is 30.6 Å². The summed E-state index contributed by atoms with van der Waals surface area (Å²) in [4.78, 5) is 28.3. The Morgan fingerprint density at radius 2 is 2.18 bits per heavy atom. The van der Waals surface area contributed by atoms with Gasteiger partial charge in [-0.05, 0) is 31.9 Å². The van der Waals surface area contributed by atoms with Gasteiger partial charge in [0.1, 0.15) is 0 Å². The molecule has 22 heavy (non-hydrogen) atoms. The molecule has 1 fully saturated rings. The molecule has 0 saturated heterocycles. The van der Waals surface area contributed by atoms with E-state index in [4.69, 9.17) is 0 Å². The minimum absolute atomic E-state index is 0.0540. The molecule has 2 aromatic rings. The summed E-state index contributed by atoms with van der Waals surface area (Å²) in [5.41, 5.74) is 2.52. The lowest BCUT2D eigenvalue weighted by Crippen LogP contribution is -2.31. The largest absolute Gasteiger partial charge is 0.350 e. The van der Waals surface area contributed by atoms with Crippen LogP contribution < -0.4 is 10.9 Å². The summed E-state index contributed by atoms with van der Waals surface area (Å²) in [5, 5.41) is 2.83. The van der Waals surface area contributed by atoms with Crippen LogP contribution in [0.2, 0.25) is 0 Å². The molecule has 1 heterocycles. The fourth-order valence-corrected chi connectivity index (χ4v) is 2.39. The molecule has 3 rings (SSSR count). The lowest BCUT2D eigenvalue weighted by molar-refractivity contribution is 0.0952. The first-order chi connectivity index (χ1) is 10.6. The quantitative estimate of drug-likeness (QED) is 0.916. The third kappa shape index (κ3) is 3.42. The first-order valence-corrected chi connectivity index (χ1v) is 7.55. The van der Waals surface area contributed by atoms with Crippen LogP contribution in [-0.4, -0.2) is 22.0 Å². The van der Waals surface area contributed by atoms with E-state index in [2.05, 4.69) is 10.3 Å². The highest BCUT2D eigenvalue weighted by Gasteiger charge is 2.25. The Morgan fingerprint density at radius 1 is 1.36 bits per heavy atom. The molecule has 0 bridgehead atoms. The molecule has 1 aliphatic carbocycles. The van der Waals surface area contributed by atoms with E-state index in [1.807, 2.05) is 25.1 Å². The number of nitrogens with one attached hydrogen (secondary N) is 1. The molecule has 114 valence electrons. The van der Waals surface area contributed by atoms with Gasteiger partial charge in [0.05, 0.1) is 12.0 Å². The minimum atomic E-state index is -0.126. The van der Waals surface area contributed by atoms with Crippen LogP contribution in [0.25, 0.3) is 0 Å². The standard InChI is InChI=1S/C17H19N3O2/c1-12-3-2-4-14(9-12)17(22)18-7-8-20-11-19-15(10-16(20)21)13-5-6-13/h2-4,9-11,13H,5-8H2,1H3,(H,18,22). The van der Waals surface area contributed by atoms with Gasteiger partial charge < -0.3 is 5.32 Å². The molecular formula is C17H19N3O2. The first kappa shape index (κ1) is 14.5. The Kier molecular flexibility index (Phi) is 4.04. The zero-order valence-electron chi connectivity index (χ0n) is 12.6. The van der Waals surface area contributed by atoms with Crippen molar-refractivity contribution in [3.05, 3.63) is 63.8 Å². The van der Waals surface area contributed by atoms with Crippen molar-refractivity contribution in [2.75, 3.05) is 6.54 Å². The topological polar surface area (TPSA) is 64.0 Å². The van der Waals surface area contributed by atoms with E-state index < -0.39 is 0 Å². The van der Waals surface area contributed by atoms with Crippen LogP contribution in [0.1, 0.15) is 40.4 Å². The number of hydrogen-bond donors (Lipinski definition) is 1. The van der Waals surface area contributed by atoms with Crippen LogP contribution in [0.5, 0.6) is 0 Å². The predicted octanol–water partition coefficient (Wildman–Crippen LogP) is 1.86. The Labute approximate surface area is 129 Å². The number of benzene rings is 1. The van der Waals surface area contributed by atoms with E-state index in [1.165, 1.54) is 4.57 Å². The maximum absolute atomic E-state index is 12.0. The van der Waals surface area contributed by atoms with Crippen LogP contribution in [0.4, 0.5) is 0 Å². The first-order valence-electron chi connectivity index (χ1n) is 7.55. The lowest BCUT2D eigenvalue weighted by Gasteiger charge is -2.08. The molecule has 0 aliphatic heterocycles. The molecule has 1 N–H and O–H groups in total. The van der Waals surface area contributed by atoms with Crippen molar-refractivity contribution < 1.29 is 4.79 Å². The zero-order chi connectivity index (χ0) is 15.5. The molecule has 5 nitrogen and oxygen atoms in total. The van der Waals surface area contributed by atoms with E-state index in [0.29, 0.717) is 24.6 Å². The number of nitrogens with zero attached hydrogens (tertiary/aromatic N) is 2. The monoisotopic (exact) mass is 297 g/mol. The smallest absolute Gasteiger partial charge is 0.253 e.